The number of sulfone groups is 1. The van der Waals surface area contributed by atoms with Crippen LogP contribution in [0.15, 0.2) is 46.7 Å². The van der Waals surface area contributed by atoms with Crippen molar-refractivity contribution < 1.29 is 13.3 Å². The monoisotopic (exact) mass is 374 g/mol. The molecule has 0 unspecified atom stereocenters. The number of benzene rings is 1. The highest BCUT2D eigenvalue weighted by Gasteiger charge is 2.17. The van der Waals surface area contributed by atoms with E-state index < -0.39 is 14.8 Å². The lowest BCUT2D eigenvalue weighted by atomic mass is 10.2. The summed E-state index contributed by atoms with van der Waals surface area (Å²) in [5.74, 6) is 0. The van der Waals surface area contributed by atoms with E-state index >= 15 is 0 Å². The average Bonchev–Trinajstić information content (AvgIpc) is 3.21. The molecule has 0 saturated carbocycles. The van der Waals surface area contributed by atoms with Gasteiger partial charge in [0.15, 0.2) is 15.5 Å². The van der Waals surface area contributed by atoms with Crippen LogP contribution in [-0.2, 0) is 9.84 Å². The fraction of sp³-hybridized carbons (Fsp3) is 0.0667. The van der Waals surface area contributed by atoms with Crippen molar-refractivity contribution in [1.29, 1.82) is 5.26 Å². The van der Waals surface area contributed by atoms with Gasteiger partial charge in [-0.15, -0.1) is 11.3 Å². The first-order valence-corrected chi connectivity index (χ1v) is 9.55. The Morgan fingerprint density at radius 3 is 2.44 bits per heavy atom. The average molecular weight is 374 g/mol. The van der Waals surface area contributed by atoms with Crippen LogP contribution in [-0.4, -0.2) is 29.4 Å². The Balaban J connectivity index is 2.12. The van der Waals surface area contributed by atoms with Crippen molar-refractivity contribution in [3.63, 3.8) is 0 Å². The number of nitriles is 1. The second-order valence-electron chi connectivity index (χ2n) is 5.10. The third kappa shape index (κ3) is 3.28. The summed E-state index contributed by atoms with van der Waals surface area (Å²) in [6.45, 7) is 0. The van der Waals surface area contributed by atoms with Gasteiger partial charge in [0.05, 0.1) is 21.2 Å². The van der Waals surface area contributed by atoms with Gasteiger partial charge in [0.2, 0.25) is 0 Å². The van der Waals surface area contributed by atoms with Crippen LogP contribution in [0.2, 0.25) is 0 Å². The molecule has 0 aliphatic rings. The molecule has 0 N–H and O–H groups in total. The van der Waals surface area contributed by atoms with Crippen molar-refractivity contribution in [3.05, 3.63) is 58.3 Å². The molecule has 10 heteroatoms. The lowest BCUT2D eigenvalue weighted by Gasteiger charge is -2.05. The molecule has 0 spiro atoms. The maximum Gasteiger partial charge on any atom is 0.269 e. The first-order chi connectivity index (χ1) is 11.8. The fourth-order valence-electron chi connectivity index (χ4n) is 2.18. The number of non-ortho nitro benzene ring substituents is 1. The zero-order valence-electron chi connectivity index (χ0n) is 12.8. The van der Waals surface area contributed by atoms with Gasteiger partial charge in [-0.05, 0) is 24.3 Å². The Kier molecular flexibility index (Phi) is 4.12. The molecule has 0 aliphatic carbocycles. The molecule has 3 rings (SSSR count). The van der Waals surface area contributed by atoms with Gasteiger partial charge in [-0.25, -0.2) is 13.1 Å². The standard InChI is InChI=1S/C15H10N4O4S2/c1-25(22,23)15-7-6-14(24-15)13-8-10(9-16)17-18(13)11-2-4-12(5-3-11)19(20)21/h2-8H,1H3. The minimum absolute atomic E-state index is 0.0616. The molecule has 25 heavy (non-hydrogen) atoms. The molecule has 2 heterocycles. The van der Waals surface area contributed by atoms with Crippen LogP contribution in [0, 0.1) is 21.4 Å². The number of nitro benzene ring substituents is 1. The molecule has 0 bridgehead atoms. The van der Waals surface area contributed by atoms with E-state index in [1.54, 1.807) is 12.1 Å². The van der Waals surface area contributed by atoms with Crippen molar-refractivity contribution in [2.45, 2.75) is 4.21 Å². The highest BCUT2D eigenvalue weighted by atomic mass is 32.2. The number of nitro groups is 1. The number of rotatable bonds is 4. The van der Waals surface area contributed by atoms with Crippen molar-refractivity contribution in [2.24, 2.45) is 0 Å². The molecule has 1 aromatic carbocycles. The highest BCUT2D eigenvalue weighted by molar-refractivity contribution is 7.92. The lowest BCUT2D eigenvalue weighted by Crippen LogP contribution is -1.99. The van der Waals surface area contributed by atoms with E-state index in [4.69, 9.17) is 5.26 Å². The summed E-state index contributed by atoms with van der Waals surface area (Å²) in [6, 6.07) is 12.3. The van der Waals surface area contributed by atoms with Gasteiger partial charge in [-0.2, -0.15) is 10.4 Å². The Hall–Kier alpha value is -3.03. The molecule has 8 nitrogen and oxygen atoms in total. The summed E-state index contributed by atoms with van der Waals surface area (Å²) < 4.78 is 25.0. The Bertz CT molecular complexity index is 1110. The summed E-state index contributed by atoms with van der Waals surface area (Å²) in [6.07, 6.45) is 1.12. The predicted molar refractivity (Wildman–Crippen MR) is 91.4 cm³/mol. The Morgan fingerprint density at radius 1 is 1.24 bits per heavy atom. The highest BCUT2D eigenvalue weighted by Crippen LogP contribution is 2.32. The molecule has 126 valence electrons. The number of hydrogen-bond acceptors (Lipinski definition) is 7. The smallest absolute Gasteiger partial charge is 0.258 e. The van der Waals surface area contributed by atoms with E-state index in [0.717, 1.165) is 17.6 Å². The third-order valence-corrected chi connectivity index (χ3v) is 6.26. The van der Waals surface area contributed by atoms with Gasteiger partial charge >= 0.3 is 0 Å². The topological polar surface area (TPSA) is 119 Å². The lowest BCUT2D eigenvalue weighted by molar-refractivity contribution is -0.384. The van der Waals surface area contributed by atoms with Crippen LogP contribution in [0.25, 0.3) is 16.3 Å². The Labute approximate surface area is 146 Å². The first-order valence-electron chi connectivity index (χ1n) is 6.85. The van der Waals surface area contributed by atoms with E-state index in [1.165, 1.54) is 35.0 Å². The van der Waals surface area contributed by atoms with Crippen LogP contribution < -0.4 is 0 Å². The minimum atomic E-state index is -3.33. The molecule has 0 radical (unpaired) electrons. The second-order valence-corrected chi connectivity index (χ2v) is 8.43. The molecular formula is C15H10N4O4S2. The van der Waals surface area contributed by atoms with E-state index in [9.17, 15) is 18.5 Å². The van der Waals surface area contributed by atoms with Crippen molar-refractivity contribution >= 4 is 26.9 Å². The Morgan fingerprint density at radius 2 is 1.92 bits per heavy atom. The SMILES string of the molecule is CS(=O)(=O)c1ccc(-c2cc(C#N)nn2-c2ccc([N+](=O)[O-])cc2)s1. The zero-order chi connectivity index (χ0) is 18.2. The fourth-order valence-corrected chi connectivity index (χ4v) is 4.11. The number of thiophene rings is 1. The van der Waals surface area contributed by atoms with Gasteiger partial charge < -0.3 is 0 Å². The van der Waals surface area contributed by atoms with Gasteiger partial charge in [0.25, 0.3) is 5.69 Å². The van der Waals surface area contributed by atoms with Gasteiger partial charge in [0.1, 0.15) is 10.3 Å². The molecule has 3 aromatic rings. The van der Waals surface area contributed by atoms with E-state index in [0.29, 0.717) is 16.3 Å². The van der Waals surface area contributed by atoms with Gasteiger partial charge in [-0.3, -0.25) is 10.1 Å². The predicted octanol–water partition coefficient (Wildman–Crippen LogP) is 2.78. The normalized spacial score (nSPS) is 11.2. The van der Waals surface area contributed by atoms with E-state index in [2.05, 4.69) is 5.10 Å². The maximum atomic E-state index is 11.7. The summed E-state index contributed by atoms with van der Waals surface area (Å²) in [5, 5.41) is 24.0. The molecule has 0 atom stereocenters. The maximum absolute atomic E-state index is 11.7. The molecule has 0 fully saturated rings. The summed E-state index contributed by atoms with van der Waals surface area (Å²) >= 11 is 1.07. The van der Waals surface area contributed by atoms with Crippen LogP contribution in [0.1, 0.15) is 5.69 Å². The quantitative estimate of drug-likeness (QED) is 0.512. The second kappa shape index (κ2) is 6.12. The summed E-state index contributed by atoms with van der Waals surface area (Å²) in [7, 11) is -3.33. The van der Waals surface area contributed by atoms with Crippen LogP contribution in [0.5, 0.6) is 0 Å². The zero-order valence-corrected chi connectivity index (χ0v) is 14.4. The van der Waals surface area contributed by atoms with Crippen LogP contribution in [0.4, 0.5) is 5.69 Å². The number of aromatic nitrogens is 2. The van der Waals surface area contributed by atoms with Crippen molar-refractivity contribution in [2.75, 3.05) is 6.26 Å². The first kappa shape index (κ1) is 16.8. The molecule has 0 aliphatic heterocycles. The van der Waals surface area contributed by atoms with Crippen LogP contribution in [0.3, 0.4) is 0 Å². The third-order valence-electron chi connectivity index (χ3n) is 3.33. The molecule has 2 aromatic heterocycles. The van der Waals surface area contributed by atoms with Gasteiger partial charge in [-0.1, -0.05) is 0 Å². The van der Waals surface area contributed by atoms with Crippen LogP contribution >= 0.6 is 11.3 Å². The van der Waals surface area contributed by atoms with Crippen molar-refractivity contribution in [1.82, 2.24) is 9.78 Å². The van der Waals surface area contributed by atoms with E-state index in [-0.39, 0.29) is 15.6 Å². The molecule has 0 amide bonds. The summed E-state index contributed by atoms with van der Waals surface area (Å²) in [4.78, 5) is 10.9. The number of nitrogens with zero attached hydrogens (tertiary/aromatic N) is 4. The van der Waals surface area contributed by atoms with Gasteiger partial charge in [0, 0.05) is 24.5 Å². The summed E-state index contributed by atoms with van der Waals surface area (Å²) in [5.41, 5.74) is 1.15. The largest absolute Gasteiger partial charge is 0.269 e. The number of hydrogen-bond donors (Lipinski definition) is 0. The van der Waals surface area contributed by atoms with E-state index in [1.807, 2.05) is 6.07 Å². The minimum Gasteiger partial charge on any atom is -0.258 e. The molecule has 0 saturated heterocycles. The van der Waals surface area contributed by atoms with Crippen molar-refractivity contribution in [3.8, 4) is 22.3 Å². The molecular weight excluding hydrogens is 364 g/mol.